The molecule has 1 heterocycles. The van der Waals surface area contributed by atoms with Crippen LogP contribution in [0.1, 0.15) is 18.6 Å². The van der Waals surface area contributed by atoms with Crippen molar-refractivity contribution in [3.63, 3.8) is 0 Å². The Morgan fingerprint density at radius 1 is 1.11 bits per heavy atom. The van der Waals surface area contributed by atoms with Crippen LogP contribution in [0.4, 0.5) is 0 Å². The predicted molar refractivity (Wildman–Crippen MR) is 71.6 cm³/mol. The van der Waals surface area contributed by atoms with E-state index >= 15 is 0 Å². The predicted octanol–water partition coefficient (Wildman–Crippen LogP) is 3.46. The number of methoxy groups -OCH3 is 2. The SMILES string of the molecule is COc1cccnc1-c1cccc([C@@H](C)OC)c1. The molecule has 18 heavy (non-hydrogen) atoms. The number of aromatic nitrogens is 1. The number of nitrogens with zero attached hydrogens (tertiary/aromatic N) is 1. The maximum absolute atomic E-state index is 5.33. The van der Waals surface area contributed by atoms with Crippen LogP contribution >= 0.6 is 0 Å². The lowest BCUT2D eigenvalue weighted by Crippen LogP contribution is -1.97. The molecule has 0 fully saturated rings. The average Bonchev–Trinajstić information content (AvgIpc) is 2.46. The second kappa shape index (κ2) is 5.65. The number of hydrogen-bond donors (Lipinski definition) is 0. The summed E-state index contributed by atoms with van der Waals surface area (Å²) in [5.74, 6) is 0.778. The average molecular weight is 243 g/mol. The second-order valence-electron chi connectivity index (χ2n) is 4.06. The highest BCUT2D eigenvalue weighted by atomic mass is 16.5. The quantitative estimate of drug-likeness (QED) is 0.824. The van der Waals surface area contributed by atoms with Crippen LogP contribution in [0.15, 0.2) is 42.6 Å². The first-order valence-electron chi connectivity index (χ1n) is 5.88. The van der Waals surface area contributed by atoms with E-state index in [4.69, 9.17) is 9.47 Å². The van der Waals surface area contributed by atoms with Crippen molar-refractivity contribution in [2.24, 2.45) is 0 Å². The number of pyridine rings is 1. The lowest BCUT2D eigenvalue weighted by molar-refractivity contribution is 0.119. The summed E-state index contributed by atoms with van der Waals surface area (Å²) in [7, 11) is 3.36. The summed E-state index contributed by atoms with van der Waals surface area (Å²) < 4.78 is 10.7. The molecule has 0 bridgehead atoms. The molecule has 1 atom stereocenters. The van der Waals surface area contributed by atoms with E-state index < -0.39 is 0 Å². The lowest BCUT2D eigenvalue weighted by Gasteiger charge is -2.12. The van der Waals surface area contributed by atoms with E-state index in [1.807, 2.05) is 37.3 Å². The zero-order valence-corrected chi connectivity index (χ0v) is 10.9. The lowest BCUT2D eigenvalue weighted by atomic mass is 10.0. The molecule has 94 valence electrons. The van der Waals surface area contributed by atoms with Gasteiger partial charge in [-0.3, -0.25) is 4.98 Å². The van der Waals surface area contributed by atoms with E-state index in [0.29, 0.717) is 0 Å². The van der Waals surface area contributed by atoms with Crippen molar-refractivity contribution in [1.82, 2.24) is 4.98 Å². The van der Waals surface area contributed by atoms with Gasteiger partial charge in [-0.25, -0.2) is 0 Å². The minimum Gasteiger partial charge on any atom is -0.494 e. The van der Waals surface area contributed by atoms with Crippen molar-refractivity contribution in [2.45, 2.75) is 13.0 Å². The highest BCUT2D eigenvalue weighted by Crippen LogP contribution is 2.29. The number of rotatable bonds is 4. The van der Waals surface area contributed by atoms with Gasteiger partial charge in [0, 0.05) is 18.9 Å². The summed E-state index contributed by atoms with van der Waals surface area (Å²) in [6.07, 6.45) is 1.84. The monoisotopic (exact) mass is 243 g/mol. The Kier molecular flexibility index (Phi) is 3.95. The molecule has 0 amide bonds. The summed E-state index contributed by atoms with van der Waals surface area (Å²) >= 11 is 0. The minimum atomic E-state index is 0.0691. The normalized spacial score (nSPS) is 12.2. The van der Waals surface area contributed by atoms with Crippen LogP contribution < -0.4 is 4.74 Å². The van der Waals surface area contributed by atoms with Crippen molar-refractivity contribution in [2.75, 3.05) is 14.2 Å². The number of hydrogen-bond acceptors (Lipinski definition) is 3. The Bertz CT molecular complexity index is 525. The van der Waals surface area contributed by atoms with Gasteiger partial charge in [-0.2, -0.15) is 0 Å². The van der Waals surface area contributed by atoms with Gasteiger partial charge < -0.3 is 9.47 Å². The van der Waals surface area contributed by atoms with Crippen molar-refractivity contribution in [3.05, 3.63) is 48.2 Å². The molecular weight excluding hydrogens is 226 g/mol. The Balaban J connectivity index is 2.44. The van der Waals surface area contributed by atoms with Crippen LogP contribution in [0.3, 0.4) is 0 Å². The molecule has 0 saturated heterocycles. The van der Waals surface area contributed by atoms with E-state index in [1.165, 1.54) is 0 Å². The first kappa shape index (κ1) is 12.6. The summed E-state index contributed by atoms with van der Waals surface area (Å²) in [5, 5.41) is 0. The van der Waals surface area contributed by atoms with Gasteiger partial charge in [-0.15, -0.1) is 0 Å². The van der Waals surface area contributed by atoms with E-state index in [9.17, 15) is 0 Å². The van der Waals surface area contributed by atoms with E-state index in [-0.39, 0.29) is 6.10 Å². The van der Waals surface area contributed by atoms with E-state index in [1.54, 1.807) is 20.4 Å². The fourth-order valence-electron chi connectivity index (χ4n) is 1.85. The zero-order chi connectivity index (χ0) is 13.0. The molecule has 2 aromatic rings. The molecule has 0 aliphatic heterocycles. The molecule has 0 aliphatic carbocycles. The summed E-state index contributed by atoms with van der Waals surface area (Å²) in [6, 6.07) is 11.9. The van der Waals surface area contributed by atoms with Crippen molar-refractivity contribution < 1.29 is 9.47 Å². The molecule has 3 nitrogen and oxygen atoms in total. The van der Waals surface area contributed by atoms with Crippen molar-refractivity contribution in [1.29, 1.82) is 0 Å². The third kappa shape index (κ3) is 2.51. The van der Waals surface area contributed by atoms with Crippen LogP contribution in [0, 0.1) is 0 Å². The maximum atomic E-state index is 5.33. The molecule has 1 aromatic heterocycles. The van der Waals surface area contributed by atoms with Gasteiger partial charge in [0.25, 0.3) is 0 Å². The van der Waals surface area contributed by atoms with Gasteiger partial charge in [-0.05, 0) is 30.7 Å². The highest BCUT2D eigenvalue weighted by Gasteiger charge is 2.09. The van der Waals surface area contributed by atoms with Gasteiger partial charge in [0.1, 0.15) is 11.4 Å². The number of benzene rings is 1. The minimum absolute atomic E-state index is 0.0691. The first-order valence-corrected chi connectivity index (χ1v) is 5.88. The standard InChI is InChI=1S/C15H17NO2/c1-11(17-2)12-6-4-7-13(10-12)15-14(18-3)8-5-9-16-15/h4-11H,1-3H3/t11-/m1/s1. The van der Waals surface area contributed by atoms with E-state index in [0.717, 1.165) is 22.6 Å². The third-order valence-electron chi connectivity index (χ3n) is 2.97. The van der Waals surface area contributed by atoms with E-state index in [2.05, 4.69) is 11.1 Å². The van der Waals surface area contributed by atoms with Gasteiger partial charge in [0.05, 0.1) is 13.2 Å². The van der Waals surface area contributed by atoms with Crippen LogP contribution in [0.2, 0.25) is 0 Å². The second-order valence-corrected chi connectivity index (χ2v) is 4.06. The molecular formula is C15H17NO2. The molecule has 0 radical (unpaired) electrons. The topological polar surface area (TPSA) is 31.4 Å². The van der Waals surface area contributed by atoms with Crippen LogP contribution in [0.25, 0.3) is 11.3 Å². The summed E-state index contributed by atoms with van der Waals surface area (Å²) in [5.41, 5.74) is 3.02. The van der Waals surface area contributed by atoms with Gasteiger partial charge in [0.15, 0.2) is 0 Å². The Morgan fingerprint density at radius 3 is 2.67 bits per heavy atom. The molecule has 0 aliphatic rings. The molecule has 0 unspecified atom stereocenters. The van der Waals surface area contributed by atoms with Crippen LogP contribution in [0.5, 0.6) is 5.75 Å². The van der Waals surface area contributed by atoms with Gasteiger partial charge in [-0.1, -0.05) is 18.2 Å². The Labute approximate surface area is 107 Å². The van der Waals surface area contributed by atoms with Crippen molar-refractivity contribution >= 4 is 0 Å². The Morgan fingerprint density at radius 2 is 1.94 bits per heavy atom. The van der Waals surface area contributed by atoms with Gasteiger partial charge >= 0.3 is 0 Å². The molecule has 0 N–H and O–H groups in total. The zero-order valence-electron chi connectivity index (χ0n) is 10.9. The largest absolute Gasteiger partial charge is 0.494 e. The molecule has 0 saturated carbocycles. The fraction of sp³-hybridized carbons (Fsp3) is 0.267. The maximum Gasteiger partial charge on any atom is 0.145 e. The third-order valence-corrected chi connectivity index (χ3v) is 2.97. The van der Waals surface area contributed by atoms with Gasteiger partial charge in [0.2, 0.25) is 0 Å². The molecule has 1 aromatic carbocycles. The van der Waals surface area contributed by atoms with Crippen LogP contribution in [-0.2, 0) is 4.74 Å². The molecule has 3 heteroatoms. The first-order chi connectivity index (χ1) is 8.76. The smallest absolute Gasteiger partial charge is 0.145 e. The Hall–Kier alpha value is -1.87. The summed E-state index contributed by atoms with van der Waals surface area (Å²) in [4.78, 5) is 4.38. The molecule has 0 spiro atoms. The highest BCUT2D eigenvalue weighted by molar-refractivity contribution is 5.66. The number of ether oxygens (including phenoxy) is 2. The van der Waals surface area contributed by atoms with Crippen LogP contribution in [-0.4, -0.2) is 19.2 Å². The summed E-state index contributed by atoms with van der Waals surface area (Å²) in [6.45, 7) is 2.02. The molecule has 2 rings (SSSR count). The fourth-order valence-corrected chi connectivity index (χ4v) is 1.85. The van der Waals surface area contributed by atoms with Crippen molar-refractivity contribution in [3.8, 4) is 17.0 Å².